The lowest BCUT2D eigenvalue weighted by atomic mass is 10.2. The molecule has 1 aromatic carbocycles. The Labute approximate surface area is 84.7 Å². The summed E-state index contributed by atoms with van der Waals surface area (Å²) in [5, 5.41) is 3.08. The second-order valence-corrected chi connectivity index (χ2v) is 3.51. The SMILES string of the molecule is Cc1cccc(NCC(=O)N(C)C)c1. The van der Waals surface area contributed by atoms with Gasteiger partial charge in [-0.1, -0.05) is 12.1 Å². The molecule has 1 rings (SSSR count). The molecule has 1 N–H and O–H groups in total. The van der Waals surface area contributed by atoms with Gasteiger partial charge in [-0.05, 0) is 24.6 Å². The highest BCUT2D eigenvalue weighted by Gasteiger charge is 2.02. The minimum absolute atomic E-state index is 0.0755. The van der Waals surface area contributed by atoms with Crippen molar-refractivity contribution in [3.63, 3.8) is 0 Å². The van der Waals surface area contributed by atoms with E-state index in [4.69, 9.17) is 0 Å². The van der Waals surface area contributed by atoms with Crippen molar-refractivity contribution in [2.75, 3.05) is 26.0 Å². The molecule has 0 aliphatic rings. The fourth-order valence-electron chi connectivity index (χ4n) is 1.09. The highest BCUT2D eigenvalue weighted by Crippen LogP contribution is 2.08. The number of amides is 1. The Kier molecular flexibility index (Phi) is 3.51. The summed E-state index contributed by atoms with van der Waals surface area (Å²) in [6, 6.07) is 7.97. The number of nitrogens with zero attached hydrogens (tertiary/aromatic N) is 1. The Morgan fingerprint density at radius 1 is 1.43 bits per heavy atom. The molecule has 76 valence electrons. The smallest absolute Gasteiger partial charge is 0.241 e. The minimum Gasteiger partial charge on any atom is -0.376 e. The van der Waals surface area contributed by atoms with Crippen LogP contribution in [0.2, 0.25) is 0 Å². The van der Waals surface area contributed by atoms with Crippen molar-refractivity contribution < 1.29 is 4.79 Å². The maximum atomic E-state index is 11.3. The number of carbonyl (C=O) groups is 1. The molecule has 14 heavy (non-hydrogen) atoms. The lowest BCUT2D eigenvalue weighted by molar-refractivity contribution is -0.126. The van der Waals surface area contributed by atoms with E-state index >= 15 is 0 Å². The first-order chi connectivity index (χ1) is 6.59. The second-order valence-electron chi connectivity index (χ2n) is 3.51. The predicted octanol–water partition coefficient (Wildman–Crippen LogP) is 1.50. The molecular formula is C11H16N2O. The number of benzene rings is 1. The zero-order valence-electron chi connectivity index (χ0n) is 8.87. The van der Waals surface area contributed by atoms with Crippen LogP contribution in [0.25, 0.3) is 0 Å². The van der Waals surface area contributed by atoms with E-state index in [1.54, 1.807) is 19.0 Å². The van der Waals surface area contributed by atoms with E-state index in [9.17, 15) is 4.79 Å². The Balaban J connectivity index is 2.50. The summed E-state index contributed by atoms with van der Waals surface area (Å²) >= 11 is 0. The summed E-state index contributed by atoms with van der Waals surface area (Å²) in [6.07, 6.45) is 0. The first kappa shape index (κ1) is 10.6. The van der Waals surface area contributed by atoms with Crippen LogP contribution in [0.3, 0.4) is 0 Å². The maximum absolute atomic E-state index is 11.3. The maximum Gasteiger partial charge on any atom is 0.241 e. The van der Waals surface area contributed by atoms with Crippen LogP contribution < -0.4 is 5.32 Å². The Hall–Kier alpha value is -1.51. The Morgan fingerprint density at radius 3 is 2.71 bits per heavy atom. The van der Waals surface area contributed by atoms with Gasteiger partial charge in [-0.3, -0.25) is 4.79 Å². The third-order valence-electron chi connectivity index (χ3n) is 1.96. The van der Waals surface area contributed by atoms with E-state index in [0.717, 1.165) is 5.69 Å². The number of anilines is 1. The highest BCUT2D eigenvalue weighted by atomic mass is 16.2. The van der Waals surface area contributed by atoms with E-state index in [1.807, 2.05) is 31.2 Å². The molecule has 0 aliphatic carbocycles. The molecule has 0 aromatic heterocycles. The number of hydrogen-bond acceptors (Lipinski definition) is 2. The van der Waals surface area contributed by atoms with Crippen LogP contribution in [0, 0.1) is 6.92 Å². The molecular weight excluding hydrogens is 176 g/mol. The van der Waals surface area contributed by atoms with Crippen molar-refractivity contribution >= 4 is 11.6 Å². The molecule has 0 aliphatic heterocycles. The van der Waals surface area contributed by atoms with Gasteiger partial charge in [0.05, 0.1) is 6.54 Å². The van der Waals surface area contributed by atoms with Crippen molar-refractivity contribution in [3.05, 3.63) is 29.8 Å². The van der Waals surface area contributed by atoms with Gasteiger partial charge in [0.1, 0.15) is 0 Å². The zero-order chi connectivity index (χ0) is 10.6. The topological polar surface area (TPSA) is 32.3 Å². The van der Waals surface area contributed by atoms with Crippen LogP contribution in [0.5, 0.6) is 0 Å². The number of hydrogen-bond donors (Lipinski definition) is 1. The van der Waals surface area contributed by atoms with Gasteiger partial charge in [0, 0.05) is 19.8 Å². The summed E-state index contributed by atoms with van der Waals surface area (Å²) in [5.41, 5.74) is 2.17. The predicted molar refractivity (Wildman–Crippen MR) is 58.4 cm³/mol. The van der Waals surface area contributed by atoms with Gasteiger partial charge in [0.2, 0.25) is 5.91 Å². The normalized spacial score (nSPS) is 9.64. The number of carbonyl (C=O) groups excluding carboxylic acids is 1. The third-order valence-corrected chi connectivity index (χ3v) is 1.96. The van der Waals surface area contributed by atoms with Crippen LogP contribution >= 0.6 is 0 Å². The van der Waals surface area contributed by atoms with E-state index in [-0.39, 0.29) is 5.91 Å². The summed E-state index contributed by atoms with van der Waals surface area (Å²) in [4.78, 5) is 12.8. The second kappa shape index (κ2) is 4.65. The summed E-state index contributed by atoms with van der Waals surface area (Å²) in [7, 11) is 3.50. The highest BCUT2D eigenvalue weighted by molar-refractivity contribution is 5.80. The molecule has 3 heteroatoms. The van der Waals surface area contributed by atoms with E-state index < -0.39 is 0 Å². The third kappa shape index (κ3) is 3.09. The first-order valence-corrected chi connectivity index (χ1v) is 4.60. The molecule has 0 bridgehead atoms. The fraction of sp³-hybridized carbons (Fsp3) is 0.364. The van der Waals surface area contributed by atoms with Gasteiger partial charge in [0.15, 0.2) is 0 Å². The molecule has 3 nitrogen and oxygen atoms in total. The van der Waals surface area contributed by atoms with Gasteiger partial charge in [-0.2, -0.15) is 0 Å². The molecule has 0 saturated heterocycles. The largest absolute Gasteiger partial charge is 0.376 e. The van der Waals surface area contributed by atoms with Gasteiger partial charge in [-0.25, -0.2) is 0 Å². The van der Waals surface area contributed by atoms with Crippen LogP contribution in [-0.4, -0.2) is 31.4 Å². The molecule has 0 spiro atoms. The molecule has 1 amide bonds. The van der Waals surface area contributed by atoms with Crippen LogP contribution in [-0.2, 0) is 4.79 Å². The molecule has 1 aromatic rings. The average molecular weight is 192 g/mol. The van der Waals surface area contributed by atoms with Crippen molar-refractivity contribution in [1.29, 1.82) is 0 Å². The monoisotopic (exact) mass is 192 g/mol. The number of aryl methyl sites for hydroxylation is 1. The summed E-state index contributed by atoms with van der Waals surface area (Å²) in [5.74, 6) is 0.0755. The molecule has 0 heterocycles. The van der Waals surface area contributed by atoms with Gasteiger partial charge >= 0.3 is 0 Å². The standard InChI is InChI=1S/C11H16N2O/c1-9-5-4-6-10(7-9)12-8-11(14)13(2)3/h4-7,12H,8H2,1-3H3. The van der Waals surface area contributed by atoms with Crippen molar-refractivity contribution in [2.45, 2.75) is 6.92 Å². The van der Waals surface area contributed by atoms with E-state index in [2.05, 4.69) is 5.32 Å². The first-order valence-electron chi connectivity index (χ1n) is 4.60. The molecule has 0 fully saturated rings. The van der Waals surface area contributed by atoms with Crippen molar-refractivity contribution in [3.8, 4) is 0 Å². The number of rotatable bonds is 3. The summed E-state index contributed by atoms with van der Waals surface area (Å²) < 4.78 is 0. The quantitative estimate of drug-likeness (QED) is 0.787. The lowest BCUT2D eigenvalue weighted by Gasteiger charge is -2.11. The van der Waals surface area contributed by atoms with Gasteiger partial charge < -0.3 is 10.2 Å². The van der Waals surface area contributed by atoms with Crippen LogP contribution in [0.15, 0.2) is 24.3 Å². The minimum atomic E-state index is 0.0755. The Bertz CT molecular complexity index is 321. The van der Waals surface area contributed by atoms with E-state index in [0.29, 0.717) is 6.54 Å². The zero-order valence-corrected chi connectivity index (χ0v) is 8.87. The lowest BCUT2D eigenvalue weighted by Crippen LogP contribution is -2.28. The summed E-state index contributed by atoms with van der Waals surface area (Å²) in [6.45, 7) is 2.37. The van der Waals surface area contributed by atoms with Crippen LogP contribution in [0.1, 0.15) is 5.56 Å². The molecule has 0 atom stereocenters. The molecule has 0 unspecified atom stereocenters. The average Bonchev–Trinajstić information content (AvgIpc) is 2.14. The number of nitrogens with one attached hydrogen (secondary N) is 1. The van der Waals surface area contributed by atoms with Crippen LogP contribution in [0.4, 0.5) is 5.69 Å². The molecule has 0 saturated carbocycles. The van der Waals surface area contributed by atoms with Gasteiger partial charge in [-0.15, -0.1) is 0 Å². The fourth-order valence-corrected chi connectivity index (χ4v) is 1.09. The number of likely N-dealkylation sites (N-methyl/N-ethyl adjacent to an activating group) is 1. The van der Waals surface area contributed by atoms with Crippen molar-refractivity contribution in [1.82, 2.24) is 4.90 Å². The van der Waals surface area contributed by atoms with Gasteiger partial charge in [0.25, 0.3) is 0 Å². The van der Waals surface area contributed by atoms with E-state index in [1.165, 1.54) is 5.56 Å². The van der Waals surface area contributed by atoms with Crippen molar-refractivity contribution in [2.24, 2.45) is 0 Å². The Morgan fingerprint density at radius 2 is 2.14 bits per heavy atom. The molecule has 0 radical (unpaired) electrons.